The first-order chi connectivity index (χ1) is 9.04. The van der Waals surface area contributed by atoms with Crippen molar-refractivity contribution in [1.29, 1.82) is 0 Å². The minimum absolute atomic E-state index is 0.197. The summed E-state index contributed by atoms with van der Waals surface area (Å²) in [6.07, 6.45) is 2.39. The Morgan fingerprint density at radius 2 is 2.11 bits per heavy atom. The number of benzene rings is 1. The molecule has 0 aromatic heterocycles. The summed E-state index contributed by atoms with van der Waals surface area (Å²) >= 11 is 0. The van der Waals surface area contributed by atoms with E-state index in [9.17, 15) is 9.18 Å². The van der Waals surface area contributed by atoms with Crippen LogP contribution in [0, 0.1) is 5.82 Å². The highest BCUT2D eigenvalue weighted by molar-refractivity contribution is 5.76. The van der Waals surface area contributed by atoms with Crippen LogP contribution >= 0.6 is 0 Å². The maximum Gasteiger partial charge on any atom is 0.222 e. The molecule has 19 heavy (non-hydrogen) atoms. The van der Waals surface area contributed by atoms with E-state index in [4.69, 9.17) is 0 Å². The van der Waals surface area contributed by atoms with Crippen LogP contribution in [0.1, 0.15) is 25.3 Å². The molecule has 1 aliphatic rings. The van der Waals surface area contributed by atoms with Crippen LogP contribution in [0.2, 0.25) is 0 Å². The summed E-state index contributed by atoms with van der Waals surface area (Å²) in [6.45, 7) is 2.90. The van der Waals surface area contributed by atoms with Gasteiger partial charge in [0.15, 0.2) is 0 Å². The monoisotopic (exact) mass is 264 g/mol. The third-order valence-electron chi connectivity index (χ3n) is 3.60. The lowest BCUT2D eigenvalue weighted by Crippen LogP contribution is -2.49. The van der Waals surface area contributed by atoms with Gasteiger partial charge in [-0.2, -0.15) is 0 Å². The van der Waals surface area contributed by atoms with Gasteiger partial charge in [-0.15, -0.1) is 0 Å². The summed E-state index contributed by atoms with van der Waals surface area (Å²) in [5.74, 6) is 0.0287. The number of carbonyl (C=O) groups is 1. The van der Waals surface area contributed by atoms with E-state index in [-0.39, 0.29) is 11.7 Å². The van der Waals surface area contributed by atoms with Gasteiger partial charge in [-0.05, 0) is 37.5 Å². The van der Waals surface area contributed by atoms with Crippen LogP contribution in [0.5, 0.6) is 0 Å². The number of halogens is 1. The predicted octanol–water partition coefficient (Wildman–Crippen LogP) is 1.97. The number of rotatable bonds is 4. The Kier molecular flexibility index (Phi) is 4.53. The SMILES string of the molecule is CC(Cc1ccc(F)cc1)NC1CCC(=O)N(C)C1. The van der Waals surface area contributed by atoms with Crippen LogP contribution in [0.3, 0.4) is 0 Å². The molecule has 2 atom stereocenters. The second kappa shape index (κ2) is 6.15. The van der Waals surface area contributed by atoms with Crippen LogP contribution in [0.15, 0.2) is 24.3 Å². The molecule has 3 nitrogen and oxygen atoms in total. The van der Waals surface area contributed by atoms with Gasteiger partial charge in [0, 0.05) is 32.1 Å². The largest absolute Gasteiger partial charge is 0.344 e. The molecule has 0 radical (unpaired) electrons. The minimum atomic E-state index is -0.197. The second-order valence-corrected chi connectivity index (χ2v) is 5.41. The summed E-state index contributed by atoms with van der Waals surface area (Å²) in [5.41, 5.74) is 1.13. The van der Waals surface area contributed by atoms with E-state index in [1.165, 1.54) is 12.1 Å². The number of amides is 1. The number of piperidine rings is 1. The maximum absolute atomic E-state index is 12.8. The molecule has 0 aliphatic carbocycles. The molecule has 0 saturated carbocycles. The molecule has 4 heteroatoms. The van der Waals surface area contributed by atoms with Crippen molar-refractivity contribution in [3.05, 3.63) is 35.6 Å². The Balaban J connectivity index is 1.82. The number of likely N-dealkylation sites (N-methyl/N-ethyl adjacent to an activating group) is 1. The minimum Gasteiger partial charge on any atom is -0.344 e. The van der Waals surface area contributed by atoms with Gasteiger partial charge in [-0.3, -0.25) is 4.79 Å². The summed E-state index contributed by atoms with van der Waals surface area (Å²) in [5, 5.41) is 3.55. The first-order valence-electron chi connectivity index (χ1n) is 6.79. The molecular weight excluding hydrogens is 243 g/mol. The Hall–Kier alpha value is -1.42. The van der Waals surface area contributed by atoms with Crippen LogP contribution in [0.4, 0.5) is 4.39 Å². The van der Waals surface area contributed by atoms with Crippen LogP contribution < -0.4 is 5.32 Å². The van der Waals surface area contributed by atoms with Crippen molar-refractivity contribution >= 4 is 5.91 Å². The first kappa shape index (κ1) is 14.0. The summed E-state index contributed by atoms with van der Waals surface area (Å²) in [6, 6.07) is 7.31. The molecule has 1 aliphatic heterocycles. The van der Waals surface area contributed by atoms with Crippen molar-refractivity contribution in [3.63, 3.8) is 0 Å². The Morgan fingerprint density at radius 1 is 1.42 bits per heavy atom. The lowest BCUT2D eigenvalue weighted by atomic mass is 10.0. The lowest BCUT2D eigenvalue weighted by Gasteiger charge is -2.32. The fourth-order valence-corrected chi connectivity index (χ4v) is 2.58. The molecule has 1 heterocycles. The van der Waals surface area contributed by atoms with Gasteiger partial charge in [-0.25, -0.2) is 4.39 Å². The molecule has 1 N–H and O–H groups in total. The van der Waals surface area contributed by atoms with Crippen LogP contribution in [-0.4, -0.2) is 36.5 Å². The smallest absolute Gasteiger partial charge is 0.222 e. The van der Waals surface area contributed by atoms with Gasteiger partial charge >= 0.3 is 0 Å². The zero-order chi connectivity index (χ0) is 13.8. The third kappa shape index (κ3) is 4.03. The normalized spacial score (nSPS) is 21.5. The zero-order valence-corrected chi connectivity index (χ0v) is 11.5. The lowest BCUT2D eigenvalue weighted by molar-refractivity contribution is -0.132. The third-order valence-corrected chi connectivity index (χ3v) is 3.60. The second-order valence-electron chi connectivity index (χ2n) is 5.41. The molecule has 1 aromatic carbocycles. The average molecular weight is 264 g/mol. The molecular formula is C15H21FN2O. The van der Waals surface area contributed by atoms with Gasteiger partial charge in [0.2, 0.25) is 5.91 Å². The fourth-order valence-electron chi connectivity index (χ4n) is 2.58. The van der Waals surface area contributed by atoms with Crippen molar-refractivity contribution in [2.75, 3.05) is 13.6 Å². The van der Waals surface area contributed by atoms with E-state index in [0.29, 0.717) is 18.5 Å². The summed E-state index contributed by atoms with van der Waals surface area (Å²) in [4.78, 5) is 13.2. The van der Waals surface area contributed by atoms with Crippen molar-refractivity contribution in [1.82, 2.24) is 10.2 Å². The molecule has 104 valence electrons. The predicted molar refractivity (Wildman–Crippen MR) is 73.4 cm³/mol. The van der Waals surface area contributed by atoms with Gasteiger partial charge in [0.1, 0.15) is 5.82 Å². The molecule has 1 aromatic rings. The molecule has 1 saturated heterocycles. The van der Waals surface area contributed by atoms with E-state index in [1.807, 2.05) is 19.2 Å². The highest BCUT2D eigenvalue weighted by atomic mass is 19.1. The Bertz CT molecular complexity index is 432. The highest BCUT2D eigenvalue weighted by Crippen LogP contribution is 2.12. The fraction of sp³-hybridized carbons (Fsp3) is 0.533. The van der Waals surface area contributed by atoms with E-state index in [2.05, 4.69) is 12.2 Å². The first-order valence-corrected chi connectivity index (χ1v) is 6.79. The molecule has 1 fully saturated rings. The maximum atomic E-state index is 12.8. The van der Waals surface area contributed by atoms with E-state index < -0.39 is 0 Å². The number of hydrogen-bond acceptors (Lipinski definition) is 2. The molecule has 0 bridgehead atoms. The number of likely N-dealkylation sites (tertiary alicyclic amines) is 1. The average Bonchev–Trinajstić information content (AvgIpc) is 2.37. The number of nitrogens with one attached hydrogen (secondary N) is 1. The van der Waals surface area contributed by atoms with Crippen molar-refractivity contribution < 1.29 is 9.18 Å². The molecule has 0 spiro atoms. The quantitative estimate of drug-likeness (QED) is 0.901. The van der Waals surface area contributed by atoms with Gasteiger partial charge in [0.25, 0.3) is 0 Å². The number of carbonyl (C=O) groups excluding carboxylic acids is 1. The van der Waals surface area contributed by atoms with Crippen molar-refractivity contribution in [2.45, 2.75) is 38.3 Å². The Morgan fingerprint density at radius 3 is 2.74 bits per heavy atom. The molecule has 1 amide bonds. The standard InChI is InChI=1S/C15H21FN2O/c1-11(9-12-3-5-13(16)6-4-12)17-14-7-8-15(19)18(2)10-14/h3-6,11,14,17H,7-10H2,1-2H3. The van der Waals surface area contributed by atoms with Gasteiger partial charge in [-0.1, -0.05) is 12.1 Å². The molecule has 2 rings (SSSR count). The topological polar surface area (TPSA) is 32.3 Å². The number of nitrogens with zero attached hydrogens (tertiary/aromatic N) is 1. The number of hydrogen-bond donors (Lipinski definition) is 1. The van der Waals surface area contributed by atoms with E-state index in [1.54, 1.807) is 4.90 Å². The van der Waals surface area contributed by atoms with Crippen LogP contribution in [-0.2, 0) is 11.2 Å². The van der Waals surface area contributed by atoms with E-state index >= 15 is 0 Å². The summed E-state index contributed by atoms with van der Waals surface area (Å²) < 4.78 is 12.8. The highest BCUT2D eigenvalue weighted by Gasteiger charge is 2.23. The van der Waals surface area contributed by atoms with Gasteiger partial charge < -0.3 is 10.2 Å². The van der Waals surface area contributed by atoms with Crippen molar-refractivity contribution in [3.8, 4) is 0 Å². The van der Waals surface area contributed by atoms with Crippen molar-refractivity contribution in [2.24, 2.45) is 0 Å². The van der Waals surface area contributed by atoms with Crippen LogP contribution in [0.25, 0.3) is 0 Å². The molecule has 2 unspecified atom stereocenters. The summed E-state index contributed by atoms with van der Waals surface area (Å²) in [7, 11) is 1.85. The van der Waals surface area contributed by atoms with Gasteiger partial charge in [0.05, 0.1) is 0 Å². The Labute approximate surface area is 113 Å². The zero-order valence-electron chi connectivity index (χ0n) is 11.5. The van der Waals surface area contributed by atoms with E-state index in [0.717, 1.165) is 24.9 Å².